The van der Waals surface area contributed by atoms with Crippen LogP contribution >= 0.6 is 0 Å². The van der Waals surface area contributed by atoms with Gasteiger partial charge in [0.1, 0.15) is 0 Å². The Balaban J connectivity index is 1.40. The molecule has 7 heteroatoms. The molecule has 0 spiro atoms. The molecule has 1 amide bonds. The van der Waals surface area contributed by atoms with Crippen LogP contribution in [0.25, 0.3) is 0 Å². The van der Waals surface area contributed by atoms with Gasteiger partial charge in [-0.3, -0.25) is 4.48 Å². The number of benzene rings is 1. The summed E-state index contributed by atoms with van der Waals surface area (Å²) < 4.78 is 0.566. The number of nitrogens with zero attached hydrogens (tertiary/aromatic N) is 4. The highest BCUT2D eigenvalue weighted by Gasteiger charge is 2.40. The van der Waals surface area contributed by atoms with Gasteiger partial charge in [-0.15, -0.1) is 10.2 Å². The minimum absolute atomic E-state index is 0.360. The maximum Gasteiger partial charge on any atom is 0.313 e. The Morgan fingerprint density at radius 1 is 1.11 bits per heavy atom. The smallest absolute Gasteiger partial charge is 0.313 e. The van der Waals surface area contributed by atoms with Gasteiger partial charge in [0.15, 0.2) is 5.82 Å². The van der Waals surface area contributed by atoms with Crippen molar-refractivity contribution in [2.45, 2.75) is 63.9 Å². The van der Waals surface area contributed by atoms with Crippen molar-refractivity contribution >= 4 is 5.91 Å². The van der Waals surface area contributed by atoms with E-state index in [0.29, 0.717) is 29.7 Å². The Morgan fingerprint density at radius 3 is 2.64 bits per heavy atom. The monoisotopic (exact) mass is 386 g/mol. The van der Waals surface area contributed by atoms with Crippen LogP contribution in [0.15, 0.2) is 30.3 Å². The largest absolute Gasteiger partial charge is 0.393 e. The van der Waals surface area contributed by atoms with Gasteiger partial charge < -0.3 is 5.11 Å². The molecule has 152 valence electrons. The molecule has 2 N–H and O–H groups in total. The van der Waals surface area contributed by atoms with Crippen LogP contribution in [-0.2, 0) is 17.6 Å². The number of rotatable bonds is 12. The van der Waals surface area contributed by atoms with Gasteiger partial charge in [-0.05, 0) is 31.2 Å². The topological polar surface area (TPSA) is 91.8 Å². The number of carbonyl (C=O) groups is 1. The van der Waals surface area contributed by atoms with Crippen molar-refractivity contribution < 1.29 is 14.4 Å². The third kappa shape index (κ3) is 5.94. The molecule has 1 saturated heterocycles. The first-order valence-electron chi connectivity index (χ1n) is 10.5. The van der Waals surface area contributed by atoms with E-state index < -0.39 is 0 Å². The number of tetrazole rings is 1. The quantitative estimate of drug-likeness (QED) is 0.432. The number of hydrogen-bond acceptors (Lipinski definition) is 5. The highest BCUT2D eigenvalue weighted by molar-refractivity contribution is 5.70. The SMILES string of the molecule is O=C1CCC[N+]1(CCCCCCc1nn[nH]n1)CCC(O)Cc1ccccc1. The maximum atomic E-state index is 12.6. The molecule has 1 aliphatic heterocycles. The van der Waals surface area contributed by atoms with Crippen LogP contribution in [-0.4, -0.2) is 61.9 Å². The predicted octanol–water partition coefficient (Wildman–Crippen LogP) is 2.43. The lowest BCUT2D eigenvalue weighted by Crippen LogP contribution is -2.51. The van der Waals surface area contributed by atoms with Crippen LogP contribution in [0, 0.1) is 0 Å². The van der Waals surface area contributed by atoms with E-state index in [4.69, 9.17) is 0 Å². The van der Waals surface area contributed by atoms with Gasteiger partial charge >= 0.3 is 5.91 Å². The van der Waals surface area contributed by atoms with Gasteiger partial charge in [-0.25, -0.2) is 4.79 Å². The molecule has 2 aromatic rings. The lowest BCUT2D eigenvalue weighted by atomic mass is 10.0. The third-order valence-electron chi connectivity index (χ3n) is 5.84. The number of aromatic nitrogens is 4. The predicted molar refractivity (Wildman–Crippen MR) is 106 cm³/mol. The van der Waals surface area contributed by atoms with Crippen LogP contribution in [0.5, 0.6) is 0 Å². The van der Waals surface area contributed by atoms with E-state index in [0.717, 1.165) is 69.5 Å². The highest BCUT2D eigenvalue weighted by atomic mass is 16.3. The number of aliphatic hydroxyl groups excluding tert-OH is 1. The normalized spacial score (nSPS) is 20.5. The number of aliphatic hydroxyl groups is 1. The van der Waals surface area contributed by atoms with Crippen LogP contribution in [0.4, 0.5) is 0 Å². The second kappa shape index (κ2) is 10.4. The van der Waals surface area contributed by atoms with Crippen molar-refractivity contribution in [1.82, 2.24) is 20.6 Å². The van der Waals surface area contributed by atoms with Gasteiger partial charge in [-0.1, -0.05) is 42.0 Å². The average Bonchev–Trinajstić information content (AvgIpc) is 3.34. The van der Waals surface area contributed by atoms with Gasteiger partial charge in [0.25, 0.3) is 0 Å². The van der Waals surface area contributed by atoms with Crippen LogP contribution < -0.4 is 0 Å². The number of likely N-dealkylation sites (tertiary alicyclic amines) is 1. The lowest BCUT2D eigenvalue weighted by Gasteiger charge is -2.32. The van der Waals surface area contributed by atoms with Crippen molar-refractivity contribution in [2.75, 3.05) is 19.6 Å². The fourth-order valence-electron chi connectivity index (χ4n) is 4.20. The molecule has 0 saturated carbocycles. The summed E-state index contributed by atoms with van der Waals surface area (Å²) in [7, 11) is 0. The zero-order valence-electron chi connectivity index (χ0n) is 16.6. The molecule has 0 radical (unpaired) electrons. The lowest BCUT2D eigenvalue weighted by molar-refractivity contribution is -0.847. The second-order valence-corrected chi connectivity index (χ2v) is 7.94. The Morgan fingerprint density at radius 2 is 1.93 bits per heavy atom. The summed E-state index contributed by atoms with van der Waals surface area (Å²) in [6, 6.07) is 10.1. The molecule has 0 bridgehead atoms. The molecule has 7 nitrogen and oxygen atoms in total. The molecule has 2 atom stereocenters. The van der Waals surface area contributed by atoms with E-state index in [1.54, 1.807) is 0 Å². The zero-order valence-corrected chi connectivity index (χ0v) is 16.6. The number of unbranched alkanes of at least 4 members (excludes halogenated alkanes) is 3. The van der Waals surface area contributed by atoms with Gasteiger partial charge in [-0.2, -0.15) is 5.21 Å². The number of nitrogens with one attached hydrogen (secondary N) is 1. The Hall–Kier alpha value is -2.12. The molecule has 2 unspecified atom stereocenters. The molecule has 0 aliphatic carbocycles. The number of hydrogen-bond donors (Lipinski definition) is 2. The molecule has 1 aromatic heterocycles. The highest BCUT2D eigenvalue weighted by Crippen LogP contribution is 2.24. The third-order valence-corrected chi connectivity index (χ3v) is 5.84. The van der Waals surface area contributed by atoms with Crippen molar-refractivity contribution in [2.24, 2.45) is 0 Å². The number of amides is 1. The first-order chi connectivity index (χ1) is 13.7. The van der Waals surface area contributed by atoms with Crippen molar-refractivity contribution in [3.63, 3.8) is 0 Å². The van der Waals surface area contributed by atoms with Crippen molar-refractivity contribution in [1.29, 1.82) is 0 Å². The molecule has 3 rings (SSSR count). The zero-order chi connectivity index (χ0) is 19.7. The molecule has 28 heavy (non-hydrogen) atoms. The fourth-order valence-corrected chi connectivity index (χ4v) is 4.20. The summed E-state index contributed by atoms with van der Waals surface area (Å²) in [5.74, 6) is 1.13. The van der Waals surface area contributed by atoms with Gasteiger partial charge in [0.2, 0.25) is 0 Å². The molecule has 1 aliphatic rings. The number of carbonyl (C=O) groups excluding carboxylic acids is 1. The second-order valence-electron chi connectivity index (χ2n) is 7.94. The summed E-state index contributed by atoms with van der Waals surface area (Å²) in [6.07, 6.45) is 7.77. The van der Waals surface area contributed by atoms with E-state index >= 15 is 0 Å². The number of H-pyrrole nitrogens is 1. The van der Waals surface area contributed by atoms with E-state index in [2.05, 4.69) is 20.6 Å². The first-order valence-corrected chi connectivity index (χ1v) is 10.5. The summed E-state index contributed by atoms with van der Waals surface area (Å²) in [5.41, 5.74) is 1.15. The minimum Gasteiger partial charge on any atom is -0.393 e. The fraction of sp³-hybridized carbons (Fsp3) is 0.619. The molecule has 2 heterocycles. The molecule has 1 fully saturated rings. The first kappa shape index (κ1) is 20.6. The molecular weight excluding hydrogens is 354 g/mol. The van der Waals surface area contributed by atoms with E-state index in [1.807, 2.05) is 30.3 Å². The van der Waals surface area contributed by atoms with E-state index in [-0.39, 0.29) is 6.10 Å². The minimum atomic E-state index is -0.388. The number of aromatic amines is 1. The average molecular weight is 387 g/mol. The number of aryl methyl sites for hydroxylation is 1. The van der Waals surface area contributed by atoms with Gasteiger partial charge in [0, 0.05) is 19.3 Å². The maximum absolute atomic E-state index is 12.6. The molecular formula is C21H32N5O2+. The Labute approximate surface area is 166 Å². The van der Waals surface area contributed by atoms with E-state index in [1.165, 1.54) is 0 Å². The number of quaternary nitrogens is 1. The van der Waals surface area contributed by atoms with E-state index in [9.17, 15) is 9.90 Å². The van der Waals surface area contributed by atoms with Crippen LogP contribution in [0.3, 0.4) is 0 Å². The molecule has 1 aromatic carbocycles. The van der Waals surface area contributed by atoms with Gasteiger partial charge in [0.05, 0.1) is 32.2 Å². The Kier molecular flexibility index (Phi) is 7.68. The summed E-state index contributed by atoms with van der Waals surface area (Å²) >= 11 is 0. The van der Waals surface area contributed by atoms with Crippen LogP contribution in [0.2, 0.25) is 0 Å². The van der Waals surface area contributed by atoms with Crippen LogP contribution in [0.1, 0.15) is 56.3 Å². The standard InChI is InChI=1S/C21H32N5O2/c27-19(17-18-9-4-3-5-10-18)13-16-26(15-8-12-21(26)28)14-7-2-1-6-11-20-22-24-25-23-20/h3-5,9-10,19,27H,1-2,6-8,11-17H2,(H,22,23,24,25)/q+1. The Bertz CT molecular complexity index is 707. The summed E-state index contributed by atoms with van der Waals surface area (Å²) in [6.45, 7) is 2.59. The van der Waals surface area contributed by atoms with Crippen molar-refractivity contribution in [3.8, 4) is 0 Å². The van der Waals surface area contributed by atoms with Crippen molar-refractivity contribution in [3.05, 3.63) is 41.7 Å². The summed E-state index contributed by atoms with van der Waals surface area (Å²) in [5, 5.41) is 24.4. The summed E-state index contributed by atoms with van der Waals surface area (Å²) in [4.78, 5) is 12.6.